The monoisotopic (exact) mass is 354 g/mol. The molecule has 1 fully saturated rings. The zero-order valence-electron chi connectivity index (χ0n) is 13.8. The summed E-state index contributed by atoms with van der Waals surface area (Å²) >= 11 is 0. The molecule has 6 heteroatoms. The maximum absolute atomic E-state index is 13.0. The van der Waals surface area contributed by atoms with Crippen LogP contribution in [0.2, 0.25) is 0 Å². The van der Waals surface area contributed by atoms with Gasteiger partial charge >= 0.3 is 0 Å². The summed E-state index contributed by atoms with van der Waals surface area (Å²) in [7, 11) is -3.75. The zero-order valence-corrected chi connectivity index (χ0v) is 14.6. The Bertz CT molecular complexity index is 1010. The molecule has 4 rings (SSSR count). The first-order valence-corrected chi connectivity index (χ1v) is 9.67. The van der Waals surface area contributed by atoms with E-state index in [4.69, 9.17) is 4.42 Å². The highest BCUT2D eigenvalue weighted by molar-refractivity contribution is 7.91. The van der Waals surface area contributed by atoms with Crippen molar-refractivity contribution in [1.29, 1.82) is 0 Å². The van der Waals surface area contributed by atoms with E-state index in [2.05, 4.69) is 10.3 Å². The largest absolute Gasteiger partial charge is 0.419 e. The number of oxazole rings is 1. The number of anilines is 1. The predicted molar refractivity (Wildman–Crippen MR) is 95.2 cm³/mol. The van der Waals surface area contributed by atoms with Gasteiger partial charge in [0, 0.05) is 11.6 Å². The van der Waals surface area contributed by atoms with Crippen LogP contribution in [0.4, 0.5) is 5.88 Å². The minimum atomic E-state index is -3.75. The maximum atomic E-state index is 13.0. The predicted octanol–water partition coefficient (Wildman–Crippen LogP) is 4.06. The number of aryl methyl sites for hydroxylation is 1. The summed E-state index contributed by atoms with van der Waals surface area (Å²) in [6.07, 6.45) is 2.01. The van der Waals surface area contributed by atoms with E-state index >= 15 is 0 Å². The van der Waals surface area contributed by atoms with E-state index in [9.17, 15) is 8.42 Å². The van der Waals surface area contributed by atoms with Gasteiger partial charge in [0.1, 0.15) is 0 Å². The van der Waals surface area contributed by atoms with Crippen molar-refractivity contribution >= 4 is 15.7 Å². The quantitative estimate of drug-likeness (QED) is 0.748. The second-order valence-corrected chi connectivity index (χ2v) is 8.12. The van der Waals surface area contributed by atoms with Crippen LogP contribution < -0.4 is 5.32 Å². The topological polar surface area (TPSA) is 72.2 Å². The first-order chi connectivity index (χ1) is 12.0. The number of aromatic nitrogens is 1. The van der Waals surface area contributed by atoms with Crippen LogP contribution in [0.3, 0.4) is 0 Å². The van der Waals surface area contributed by atoms with Crippen LogP contribution in [0, 0.1) is 6.92 Å². The fourth-order valence-electron chi connectivity index (χ4n) is 2.61. The van der Waals surface area contributed by atoms with E-state index in [0.29, 0.717) is 5.89 Å². The summed E-state index contributed by atoms with van der Waals surface area (Å²) in [5.74, 6) is 0.532. The molecular weight excluding hydrogens is 336 g/mol. The lowest BCUT2D eigenvalue weighted by atomic mass is 10.1. The Labute approximate surface area is 146 Å². The normalized spacial score (nSPS) is 14.4. The Hall–Kier alpha value is -2.60. The van der Waals surface area contributed by atoms with Gasteiger partial charge in [0.15, 0.2) is 0 Å². The third-order valence-corrected chi connectivity index (χ3v) is 5.76. The Balaban J connectivity index is 1.83. The van der Waals surface area contributed by atoms with Gasteiger partial charge in [-0.3, -0.25) is 0 Å². The second kappa shape index (κ2) is 6.04. The van der Waals surface area contributed by atoms with Crippen LogP contribution in [0.1, 0.15) is 18.4 Å². The van der Waals surface area contributed by atoms with Gasteiger partial charge in [-0.1, -0.05) is 35.9 Å². The second-order valence-electron chi connectivity index (χ2n) is 6.26. The molecule has 128 valence electrons. The van der Waals surface area contributed by atoms with Gasteiger partial charge in [0.2, 0.25) is 26.6 Å². The smallest absolute Gasteiger partial charge is 0.234 e. The number of nitrogens with zero attached hydrogens (tertiary/aromatic N) is 1. The van der Waals surface area contributed by atoms with E-state index in [1.165, 1.54) is 0 Å². The minimum absolute atomic E-state index is 0.0536. The number of hydrogen-bond donors (Lipinski definition) is 1. The fraction of sp³-hybridized carbons (Fsp3) is 0.211. The molecule has 1 aromatic heterocycles. The molecule has 1 aliphatic carbocycles. The lowest BCUT2D eigenvalue weighted by molar-refractivity contribution is 0.576. The van der Waals surface area contributed by atoms with Gasteiger partial charge in [-0.15, -0.1) is 0 Å². The van der Waals surface area contributed by atoms with E-state index in [1.54, 1.807) is 30.3 Å². The van der Waals surface area contributed by atoms with Crippen LogP contribution >= 0.6 is 0 Å². The molecule has 5 nitrogen and oxygen atoms in total. The molecule has 1 heterocycles. The van der Waals surface area contributed by atoms with Gasteiger partial charge < -0.3 is 9.73 Å². The molecule has 0 aliphatic heterocycles. The molecule has 2 aromatic carbocycles. The molecule has 1 N–H and O–H groups in total. The number of rotatable bonds is 5. The Morgan fingerprint density at radius 2 is 1.84 bits per heavy atom. The lowest BCUT2D eigenvalue weighted by Crippen LogP contribution is -2.08. The molecule has 0 bridgehead atoms. The molecular formula is C19H18N2O3S. The molecule has 0 saturated heterocycles. The van der Waals surface area contributed by atoms with Crippen molar-refractivity contribution in [2.75, 3.05) is 5.32 Å². The fourth-order valence-corrected chi connectivity index (χ4v) is 3.89. The minimum Gasteiger partial charge on any atom is -0.419 e. The van der Waals surface area contributed by atoms with E-state index in [-0.39, 0.29) is 21.8 Å². The lowest BCUT2D eigenvalue weighted by Gasteiger charge is -2.04. The highest BCUT2D eigenvalue weighted by Gasteiger charge is 2.32. The molecule has 1 aliphatic rings. The van der Waals surface area contributed by atoms with Gasteiger partial charge in [0.25, 0.3) is 0 Å². The van der Waals surface area contributed by atoms with Gasteiger partial charge in [-0.2, -0.15) is 4.98 Å². The zero-order chi connectivity index (χ0) is 17.4. The van der Waals surface area contributed by atoms with E-state index in [0.717, 1.165) is 24.0 Å². The molecule has 1 saturated carbocycles. The summed E-state index contributed by atoms with van der Waals surface area (Å²) in [6, 6.07) is 16.2. The van der Waals surface area contributed by atoms with Crippen LogP contribution in [0.5, 0.6) is 0 Å². The van der Waals surface area contributed by atoms with Crippen LogP contribution in [-0.2, 0) is 9.84 Å². The standard InChI is InChI=1S/C19H18N2O3S/c1-13-6-5-7-14(12-13)17-21-19(18(24-17)20-15-10-11-15)25(22,23)16-8-3-2-4-9-16/h2-9,12,15,20H,10-11H2,1H3. The Morgan fingerprint density at radius 1 is 1.08 bits per heavy atom. The maximum Gasteiger partial charge on any atom is 0.234 e. The number of nitrogens with one attached hydrogen (secondary N) is 1. The molecule has 0 radical (unpaired) electrons. The van der Waals surface area contributed by atoms with E-state index < -0.39 is 9.84 Å². The van der Waals surface area contributed by atoms with Crippen molar-refractivity contribution in [3.8, 4) is 11.5 Å². The highest BCUT2D eigenvalue weighted by Crippen LogP contribution is 2.35. The third-order valence-electron chi connectivity index (χ3n) is 4.08. The first-order valence-electron chi connectivity index (χ1n) is 8.18. The van der Waals surface area contributed by atoms with Crippen LogP contribution in [0.15, 0.2) is 68.9 Å². The molecule has 0 spiro atoms. The van der Waals surface area contributed by atoms with Crippen molar-refractivity contribution in [3.63, 3.8) is 0 Å². The third kappa shape index (κ3) is 3.17. The van der Waals surface area contributed by atoms with Crippen molar-refractivity contribution in [2.45, 2.75) is 35.7 Å². The van der Waals surface area contributed by atoms with Crippen molar-refractivity contribution < 1.29 is 12.8 Å². The number of hydrogen-bond acceptors (Lipinski definition) is 5. The summed E-state index contributed by atoms with van der Waals surface area (Å²) in [5.41, 5.74) is 1.81. The van der Waals surface area contributed by atoms with Gasteiger partial charge in [-0.05, 0) is 44.0 Å². The van der Waals surface area contributed by atoms with Crippen molar-refractivity contribution in [2.24, 2.45) is 0 Å². The van der Waals surface area contributed by atoms with Crippen molar-refractivity contribution in [1.82, 2.24) is 4.98 Å². The van der Waals surface area contributed by atoms with Gasteiger partial charge in [0.05, 0.1) is 4.90 Å². The molecule has 25 heavy (non-hydrogen) atoms. The van der Waals surface area contributed by atoms with Crippen LogP contribution in [-0.4, -0.2) is 19.4 Å². The van der Waals surface area contributed by atoms with Crippen LogP contribution in [0.25, 0.3) is 11.5 Å². The average molecular weight is 354 g/mol. The highest BCUT2D eigenvalue weighted by atomic mass is 32.2. The Morgan fingerprint density at radius 3 is 2.52 bits per heavy atom. The summed E-state index contributed by atoms with van der Waals surface area (Å²) in [6.45, 7) is 1.97. The van der Waals surface area contributed by atoms with E-state index in [1.807, 2.05) is 31.2 Å². The number of sulfone groups is 1. The first kappa shape index (κ1) is 15.9. The summed E-state index contributed by atoms with van der Waals surface area (Å²) in [4.78, 5) is 4.54. The summed E-state index contributed by atoms with van der Waals surface area (Å²) < 4.78 is 31.8. The molecule has 0 unspecified atom stereocenters. The number of benzene rings is 2. The SMILES string of the molecule is Cc1cccc(-c2nc(S(=O)(=O)c3ccccc3)c(NC3CC3)o2)c1. The summed E-state index contributed by atoms with van der Waals surface area (Å²) in [5, 5.41) is 3.10. The van der Waals surface area contributed by atoms with Crippen molar-refractivity contribution in [3.05, 3.63) is 60.2 Å². The molecule has 3 aromatic rings. The molecule has 0 atom stereocenters. The molecule has 0 amide bonds. The Kier molecular flexibility index (Phi) is 3.84. The van der Waals surface area contributed by atoms with Gasteiger partial charge in [-0.25, -0.2) is 8.42 Å². The average Bonchev–Trinajstić information content (AvgIpc) is 3.32.